The van der Waals surface area contributed by atoms with E-state index >= 15 is 0 Å². The molecule has 0 N–H and O–H groups in total. The molecule has 0 spiro atoms. The third-order valence-corrected chi connectivity index (χ3v) is 5.13. The average Bonchev–Trinajstić information content (AvgIpc) is 2.79. The van der Waals surface area contributed by atoms with Gasteiger partial charge in [-0.2, -0.15) is 0 Å². The van der Waals surface area contributed by atoms with Crippen LogP contribution in [0.25, 0.3) is 22.2 Å². The molecule has 4 aromatic rings. The van der Waals surface area contributed by atoms with E-state index in [4.69, 9.17) is 19.2 Å². The summed E-state index contributed by atoms with van der Waals surface area (Å²) in [6.45, 7) is 3.99. The molecular formula is C26H23NO4. The Kier molecular flexibility index (Phi) is 5.58. The van der Waals surface area contributed by atoms with Gasteiger partial charge in [-0.05, 0) is 67.9 Å². The molecule has 0 aliphatic rings. The van der Waals surface area contributed by atoms with Crippen molar-refractivity contribution < 1.29 is 19.0 Å². The summed E-state index contributed by atoms with van der Waals surface area (Å²) in [5.41, 5.74) is 4.84. The van der Waals surface area contributed by atoms with Gasteiger partial charge < -0.3 is 14.2 Å². The molecule has 0 amide bonds. The standard InChI is InChI=1S/C26H23NO4/c1-16-13-17(2)25-20(14-16)21(26(28)31-24-8-6-5-7-23(24)30-4)15-22(27-25)18-9-11-19(29-3)12-10-18/h5-15H,1-4H3. The predicted octanol–water partition coefficient (Wildman–Crippen LogP) is 5.76. The van der Waals surface area contributed by atoms with Crippen LogP contribution in [0.5, 0.6) is 17.2 Å². The molecule has 0 atom stereocenters. The van der Waals surface area contributed by atoms with E-state index in [2.05, 4.69) is 6.07 Å². The normalized spacial score (nSPS) is 10.7. The van der Waals surface area contributed by atoms with Crippen molar-refractivity contribution in [3.05, 3.63) is 83.4 Å². The van der Waals surface area contributed by atoms with Crippen molar-refractivity contribution in [1.29, 1.82) is 0 Å². The third-order valence-electron chi connectivity index (χ3n) is 5.13. The highest BCUT2D eigenvalue weighted by Crippen LogP contribution is 2.31. The molecule has 1 heterocycles. The van der Waals surface area contributed by atoms with Gasteiger partial charge in [0.1, 0.15) is 5.75 Å². The zero-order valence-electron chi connectivity index (χ0n) is 17.9. The topological polar surface area (TPSA) is 57.7 Å². The Bertz CT molecular complexity index is 1260. The fraction of sp³-hybridized carbons (Fsp3) is 0.154. The minimum atomic E-state index is -0.461. The van der Waals surface area contributed by atoms with E-state index in [0.29, 0.717) is 22.8 Å². The second kappa shape index (κ2) is 8.48. The van der Waals surface area contributed by atoms with E-state index in [0.717, 1.165) is 33.3 Å². The summed E-state index contributed by atoms with van der Waals surface area (Å²) in [5, 5.41) is 0.759. The number of fused-ring (bicyclic) bond motifs is 1. The van der Waals surface area contributed by atoms with Crippen molar-refractivity contribution in [3.63, 3.8) is 0 Å². The van der Waals surface area contributed by atoms with Gasteiger partial charge in [-0.25, -0.2) is 9.78 Å². The SMILES string of the molecule is COc1ccc(-c2cc(C(=O)Oc3ccccc3OC)c3cc(C)cc(C)c3n2)cc1. The second-order valence-corrected chi connectivity index (χ2v) is 7.30. The van der Waals surface area contributed by atoms with E-state index in [1.54, 1.807) is 38.5 Å². The number of carbonyl (C=O) groups excluding carboxylic acids is 1. The minimum Gasteiger partial charge on any atom is -0.497 e. The number of hydrogen-bond acceptors (Lipinski definition) is 5. The van der Waals surface area contributed by atoms with Gasteiger partial charge in [0.15, 0.2) is 11.5 Å². The van der Waals surface area contributed by atoms with Crippen molar-refractivity contribution >= 4 is 16.9 Å². The van der Waals surface area contributed by atoms with Gasteiger partial charge in [-0.15, -0.1) is 0 Å². The maximum absolute atomic E-state index is 13.3. The lowest BCUT2D eigenvalue weighted by Crippen LogP contribution is -2.11. The molecule has 0 aliphatic carbocycles. The van der Waals surface area contributed by atoms with Gasteiger partial charge in [0.05, 0.1) is 31.0 Å². The summed E-state index contributed by atoms with van der Waals surface area (Å²) in [7, 11) is 3.17. The van der Waals surface area contributed by atoms with Gasteiger partial charge >= 0.3 is 5.97 Å². The zero-order chi connectivity index (χ0) is 22.0. The lowest BCUT2D eigenvalue weighted by atomic mass is 10.00. The Labute approximate surface area is 181 Å². The van der Waals surface area contributed by atoms with Crippen LogP contribution in [-0.4, -0.2) is 25.2 Å². The molecule has 1 aromatic heterocycles. The van der Waals surface area contributed by atoms with Crippen LogP contribution in [0.15, 0.2) is 66.7 Å². The van der Waals surface area contributed by atoms with Gasteiger partial charge in [0, 0.05) is 10.9 Å². The van der Waals surface area contributed by atoms with Crippen molar-refractivity contribution in [2.75, 3.05) is 14.2 Å². The maximum Gasteiger partial charge on any atom is 0.344 e. The van der Waals surface area contributed by atoms with Crippen LogP contribution in [0, 0.1) is 13.8 Å². The second-order valence-electron chi connectivity index (χ2n) is 7.30. The summed E-state index contributed by atoms with van der Waals surface area (Å²) in [4.78, 5) is 18.1. The first-order chi connectivity index (χ1) is 15.0. The van der Waals surface area contributed by atoms with Crippen LogP contribution in [-0.2, 0) is 0 Å². The molecule has 0 unspecified atom stereocenters. The maximum atomic E-state index is 13.3. The molecule has 0 radical (unpaired) electrons. The number of hydrogen-bond donors (Lipinski definition) is 0. The number of pyridine rings is 1. The van der Waals surface area contributed by atoms with Gasteiger partial charge in [0.25, 0.3) is 0 Å². The number of ether oxygens (including phenoxy) is 3. The fourth-order valence-corrected chi connectivity index (χ4v) is 3.62. The molecule has 5 heteroatoms. The molecular weight excluding hydrogens is 390 g/mol. The summed E-state index contributed by atoms with van der Waals surface area (Å²) in [6.07, 6.45) is 0. The molecule has 0 saturated heterocycles. The number of aryl methyl sites for hydroxylation is 2. The number of esters is 1. The summed E-state index contributed by atoms with van der Waals surface area (Å²) < 4.78 is 16.3. The Morgan fingerprint density at radius 2 is 1.55 bits per heavy atom. The smallest absolute Gasteiger partial charge is 0.344 e. The quantitative estimate of drug-likeness (QED) is 0.308. The lowest BCUT2D eigenvalue weighted by Gasteiger charge is -2.13. The van der Waals surface area contributed by atoms with Crippen LogP contribution < -0.4 is 14.2 Å². The number of aromatic nitrogens is 1. The molecule has 0 aliphatic heterocycles. The van der Waals surface area contributed by atoms with Gasteiger partial charge in [0.2, 0.25) is 0 Å². The highest BCUT2D eigenvalue weighted by molar-refractivity contribution is 6.06. The summed E-state index contributed by atoms with van der Waals surface area (Å²) in [5.74, 6) is 1.16. The zero-order valence-corrected chi connectivity index (χ0v) is 17.9. The van der Waals surface area contributed by atoms with Gasteiger partial charge in [-0.1, -0.05) is 23.8 Å². The highest BCUT2D eigenvalue weighted by atomic mass is 16.6. The van der Waals surface area contributed by atoms with Crippen LogP contribution >= 0.6 is 0 Å². The fourth-order valence-electron chi connectivity index (χ4n) is 3.62. The molecule has 156 valence electrons. The van der Waals surface area contributed by atoms with E-state index in [1.165, 1.54) is 0 Å². The Hall–Kier alpha value is -3.86. The average molecular weight is 413 g/mol. The Balaban J connectivity index is 1.86. The Morgan fingerprint density at radius 1 is 0.839 bits per heavy atom. The van der Waals surface area contributed by atoms with E-state index < -0.39 is 5.97 Å². The number of methoxy groups -OCH3 is 2. The summed E-state index contributed by atoms with van der Waals surface area (Å²) >= 11 is 0. The molecule has 31 heavy (non-hydrogen) atoms. The van der Waals surface area contributed by atoms with Crippen molar-refractivity contribution in [3.8, 4) is 28.5 Å². The molecule has 0 bridgehead atoms. The number of nitrogens with zero attached hydrogens (tertiary/aromatic N) is 1. The minimum absolute atomic E-state index is 0.371. The number of para-hydroxylation sites is 2. The van der Waals surface area contributed by atoms with Gasteiger partial charge in [-0.3, -0.25) is 0 Å². The number of rotatable bonds is 5. The number of carbonyl (C=O) groups is 1. The van der Waals surface area contributed by atoms with Crippen LogP contribution in [0.3, 0.4) is 0 Å². The first-order valence-electron chi connectivity index (χ1n) is 9.92. The first kappa shape index (κ1) is 20.4. The van der Waals surface area contributed by atoms with E-state index in [-0.39, 0.29) is 0 Å². The lowest BCUT2D eigenvalue weighted by molar-refractivity contribution is 0.0732. The predicted molar refractivity (Wildman–Crippen MR) is 121 cm³/mol. The molecule has 4 rings (SSSR count). The monoisotopic (exact) mass is 413 g/mol. The largest absolute Gasteiger partial charge is 0.497 e. The van der Waals surface area contributed by atoms with Crippen molar-refractivity contribution in [2.24, 2.45) is 0 Å². The van der Waals surface area contributed by atoms with Crippen molar-refractivity contribution in [1.82, 2.24) is 4.98 Å². The number of benzene rings is 3. The molecule has 5 nitrogen and oxygen atoms in total. The molecule has 3 aromatic carbocycles. The van der Waals surface area contributed by atoms with Crippen molar-refractivity contribution in [2.45, 2.75) is 13.8 Å². The Morgan fingerprint density at radius 3 is 2.23 bits per heavy atom. The van der Waals surface area contributed by atoms with Crippen LogP contribution in [0.2, 0.25) is 0 Å². The van der Waals surface area contributed by atoms with Crippen LogP contribution in [0.1, 0.15) is 21.5 Å². The van der Waals surface area contributed by atoms with E-state index in [9.17, 15) is 4.79 Å². The third kappa shape index (κ3) is 4.08. The van der Waals surface area contributed by atoms with E-state index in [1.807, 2.05) is 50.2 Å². The van der Waals surface area contributed by atoms with Crippen LogP contribution in [0.4, 0.5) is 0 Å². The first-order valence-corrected chi connectivity index (χ1v) is 9.92. The molecule has 0 fully saturated rings. The molecule has 0 saturated carbocycles. The summed E-state index contributed by atoms with van der Waals surface area (Å²) in [6, 6.07) is 20.5. The highest BCUT2D eigenvalue weighted by Gasteiger charge is 2.19.